The molecule has 3 aromatic carbocycles. The van der Waals surface area contributed by atoms with Crippen LogP contribution in [0, 0.1) is 13.8 Å². The molecule has 1 N–H and O–H groups in total. The van der Waals surface area contributed by atoms with E-state index in [4.69, 9.17) is 14.5 Å². The number of fused-ring (bicyclic) bond motifs is 2. The summed E-state index contributed by atoms with van der Waals surface area (Å²) >= 11 is 1.28. The Bertz CT molecular complexity index is 2260. The minimum atomic E-state index is -0.985. The van der Waals surface area contributed by atoms with Crippen LogP contribution in [0.2, 0.25) is 0 Å². The Kier molecular flexibility index (Phi) is 8.70. The van der Waals surface area contributed by atoms with Gasteiger partial charge < -0.3 is 19.1 Å². The van der Waals surface area contributed by atoms with E-state index < -0.39 is 18.0 Å². The Hall–Kier alpha value is -5.22. The molecule has 0 spiro atoms. The van der Waals surface area contributed by atoms with Gasteiger partial charge in [-0.1, -0.05) is 55.0 Å². The molecule has 1 aliphatic rings. The third-order valence-electron chi connectivity index (χ3n) is 8.45. The number of ether oxygens (including phenoxy) is 2. The van der Waals surface area contributed by atoms with E-state index in [1.165, 1.54) is 11.3 Å². The molecule has 0 radical (unpaired) electrons. The van der Waals surface area contributed by atoms with Gasteiger partial charge in [0.25, 0.3) is 5.56 Å². The predicted molar refractivity (Wildman–Crippen MR) is 182 cm³/mol. The molecule has 0 saturated heterocycles. The number of benzene rings is 3. The third-order valence-corrected chi connectivity index (χ3v) is 9.43. The van der Waals surface area contributed by atoms with Crippen LogP contribution in [-0.2, 0) is 9.53 Å². The molecule has 240 valence electrons. The van der Waals surface area contributed by atoms with Crippen LogP contribution in [0.5, 0.6) is 5.75 Å². The molecule has 2 aromatic heterocycles. The fourth-order valence-electron chi connectivity index (χ4n) is 6.36. The molecular weight excluding hydrogens is 614 g/mol. The molecule has 0 aliphatic carbocycles. The number of hydrogen-bond donors (Lipinski definition) is 1. The summed E-state index contributed by atoms with van der Waals surface area (Å²) < 4.78 is 15.6. The average molecular weight is 650 g/mol. The van der Waals surface area contributed by atoms with E-state index in [1.54, 1.807) is 42.9 Å². The number of methoxy groups -OCH3 is 1. The van der Waals surface area contributed by atoms with Crippen molar-refractivity contribution >= 4 is 40.1 Å². The van der Waals surface area contributed by atoms with Crippen LogP contribution in [0.1, 0.15) is 65.6 Å². The van der Waals surface area contributed by atoms with Crippen molar-refractivity contribution in [1.29, 1.82) is 0 Å². The standard InChI is InChI=1S/C37H35N3O6S/c1-6-10-28-32(36(44)46-7-2)33(31-27-12-9-8-11-23(27)15-18-29(31)45-5)40-34(41)30(47-37(40)38-28)20-25-19-21(3)39(22(25)4)26-16-13-24(14-17-26)35(42)43/h8-9,11-20,33H,6-7,10H2,1-5H3,(H,42,43)/b30-20-/t33-/m0/s1. The smallest absolute Gasteiger partial charge is 0.338 e. The van der Waals surface area contributed by atoms with E-state index >= 15 is 0 Å². The topological polar surface area (TPSA) is 112 Å². The van der Waals surface area contributed by atoms with Gasteiger partial charge in [0.2, 0.25) is 0 Å². The molecule has 9 nitrogen and oxygen atoms in total. The molecule has 0 amide bonds. The second-order valence-corrected chi connectivity index (χ2v) is 12.3. The van der Waals surface area contributed by atoms with Crippen molar-refractivity contribution in [1.82, 2.24) is 9.13 Å². The fourth-order valence-corrected chi connectivity index (χ4v) is 7.37. The van der Waals surface area contributed by atoms with E-state index in [0.717, 1.165) is 39.8 Å². The lowest BCUT2D eigenvalue weighted by Gasteiger charge is -2.28. The zero-order valence-corrected chi connectivity index (χ0v) is 27.7. The molecule has 0 unspecified atom stereocenters. The molecule has 10 heteroatoms. The van der Waals surface area contributed by atoms with Gasteiger partial charge in [0, 0.05) is 22.6 Å². The molecule has 1 aliphatic heterocycles. The SMILES string of the molecule is CCCC1=C(C(=O)OCC)[C@H](c2c(OC)ccc3ccccc23)n2c(s/c(=C\c3cc(C)n(-c4ccc(C(=O)O)cc4)c3C)c2=O)=N1. The number of aryl methyl sites for hydroxylation is 1. The maximum absolute atomic E-state index is 14.5. The Labute approximate surface area is 275 Å². The van der Waals surface area contributed by atoms with Crippen molar-refractivity contribution in [2.45, 2.75) is 46.6 Å². The minimum absolute atomic E-state index is 0.181. The van der Waals surface area contributed by atoms with Crippen molar-refractivity contribution in [3.63, 3.8) is 0 Å². The van der Waals surface area contributed by atoms with Crippen molar-refractivity contribution in [2.75, 3.05) is 13.7 Å². The molecule has 0 fully saturated rings. The van der Waals surface area contributed by atoms with Gasteiger partial charge in [0.1, 0.15) is 11.8 Å². The lowest BCUT2D eigenvalue weighted by molar-refractivity contribution is -0.139. The molecule has 0 bridgehead atoms. The van der Waals surface area contributed by atoms with Gasteiger partial charge >= 0.3 is 11.9 Å². The van der Waals surface area contributed by atoms with E-state index in [0.29, 0.717) is 38.3 Å². The van der Waals surface area contributed by atoms with E-state index in [9.17, 15) is 19.5 Å². The summed E-state index contributed by atoms with van der Waals surface area (Å²) in [6.45, 7) is 7.90. The van der Waals surface area contributed by atoms with Crippen LogP contribution in [-0.4, -0.2) is 39.9 Å². The number of carbonyl (C=O) groups is 2. The number of nitrogens with zero attached hydrogens (tertiary/aromatic N) is 3. The van der Waals surface area contributed by atoms with Gasteiger partial charge in [0.05, 0.1) is 35.1 Å². The van der Waals surface area contributed by atoms with Crippen LogP contribution < -0.4 is 19.6 Å². The zero-order chi connectivity index (χ0) is 33.4. The Morgan fingerprint density at radius 2 is 1.79 bits per heavy atom. The monoisotopic (exact) mass is 649 g/mol. The van der Waals surface area contributed by atoms with Crippen LogP contribution in [0.15, 0.2) is 87.8 Å². The quantitative estimate of drug-likeness (QED) is 0.201. The van der Waals surface area contributed by atoms with Crippen LogP contribution in [0.4, 0.5) is 0 Å². The van der Waals surface area contributed by atoms with Crippen molar-refractivity contribution in [3.05, 3.63) is 126 Å². The molecule has 0 saturated carbocycles. The van der Waals surface area contributed by atoms with Crippen molar-refractivity contribution < 1.29 is 24.2 Å². The molecule has 47 heavy (non-hydrogen) atoms. The minimum Gasteiger partial charge on any atom is -0.496 e. The fraction of sp³-hybridized carbons (Fsp3) is 0.243. The number of carboxylic acids is 1. The number of allylic oxidation sites excluding steroid dienone is 1. The lowest BCUT2D eigenvalue weighted by atomic mass is 9.90. The van der Waals surface area contributed by atoms with Crippen LogP contribution in [0.3, 0.4) is 0 Å². The molecule has 6 rings (SSSR count). The first-order valence-electron chi connectivity index (χ1n) is 15.5. The maximum Gasteiger partial charge on any atom is 0.338 e. The highest BCUT2D eigenvalue weighted by Crippen LogP contribution is 2.41. The number of carbonyl (C=O) groups excluding carboxylic acids is 1. The van der Waals surface area contributed by atoms with Crippen molar-refractivity contribution in [2.24, 2.45) is 4.99 Å². The largest absolute Gasteiger partial charge is 0.496 e. The number of thiazole rings is 1. The summed E-state index contributed by atoms with van der Waals surface area (Å²) in [6.07, 6.45) is 3.14. The molecular formula is C37H35N3O6S. The third kappa shape index (κ3) is 5.59. The highest BCUT2D eigenvalue weighted by atomic mass is 32.1. The Morgan fingerprint density at radius 1 is 1.04 bits per heavy atom. The number of esters is 1. The molecule has 3 heterocycles. The highest BCUT2D eigenvalue weighted by molar-refractivity contribution is 7.07. The number of aromatic nitrogens is 2. The molecule has 5 aromatic rings. The second kappa shape index (κ2) is 12.9. The predicted octanol–water partition coefficient (Wildman–Crippen LogP) is 5.85. The molecule has 1 atom stereocenters. The number of hydrogen-bond acceptors (Lipinski definition) is 7. The number of carboxylic acid groups (broad SMARTS) is 1. The lowest BCUT2D eigenvalue weighted by Crippen LogP contribution is -2.40. The van der Waals surface area contributed by atoms with Gasteiger partial charge in [-0.2, -0.15) is 0 Å². The summed E-state index contributed by atoms with van der Waals surface area (Å²) in [5.74, 6) is -0.937. The van der Waals surface area contributed by atoms with Gasteiger partial charge in [-0.3, -0.25) is 9.36 Å². The summed E-state index contributed by atoms with van der Waals surface area (Å²) in [7, 11) is 1.59. The number of aromatic carboxylic acids is 1. The Morgan fingerprint density at radius 3 is 2.47 bits per heavy atom. The van der Waals surface area contributed by atoms with Gasteiger partial charge in [-0.15, -0.1) is 0 Å². The van der Waals surface area contributed by atoms with Gasteiger partial charge in [-0.25, -0.2) is 14.6 Å². The highest BCUT2D eigenvalue weighted by Gasteiger charge is 2.37. The van der Waals surface area contributed by atoms with Crippen LogP contribution in [0.25, 0.3) is 22.5 Å². The average Bonchev–Trinajstić information content (AvgIpc) is 3.53. The second-order valence-electron chi connectivity index (χ2n) is 11.3. The maximum atomic E-state index is 14.5. The zero-order valence-electron chi connectivity index (χ0n) is 26.9. The summed E-state index contributed by atoms with van der Waals surface area (Å²) in [5.41, 5.74) is 5.05. The summed E-state index contributed by atoms with van der Waals surface area (Å²) in [5, 5.41) is 11.1. The first-order valence-corrected chi connectivity index (χ1v) is 16.3. The first kappa shape index (κ1) is 31.7. The van der Waals surface area contributed by atoms with Gasteiger partial charge in [-0.05, 0) is 86.0 Å². The first-order chi connectivity index (χ1) is 22.7. The number of rotatable bonds is 9. The van der Waals surface area contributed by atoms with Gasteiger partial charge in [0.15, 0.2) is 4.80 Å². The Balaban J connectivity index is 1.60. The van der Waals surface area contributed by atoms with E-state index in [2.05, 4.69) is 0 Å². The van der Waals surface area contributed by atoms with E-state index in [-0.39, 0.29) is 17.7 Å². The van der Waals surface area contributed by atoms with Crippen molar-refractivity contribution in [3.8, 4) is 11.4 Å². The van der Waals surface area contributed by atoms with E-state index in [1.807, 2.05) is 73.9 Å². The van der Waals surface area contributed by atoms with Crippen LogP contribution >= 0.6 is 11.3 Å². The summed E-state index contributed by atoms with van der Waals surface area (Å²) in [4.78, 5) is 45.1. The summed E-state index contributed by atoms with van der Waals surface area (Å²) in [6, 6.07) is 19.5. The normalized spacial score (nSPS) is 14.7.